The van der Waals surface area contributed by atoms with Gasteiger partial charge in [0.25, 0.3) is 0 Å². The molecule has 0 radical (unpaired) electrons. The highest BCUT2D eigenvalue weighted by Crippen LogP contribution is 2.09. The molecule has 0 aliphatic rings. The van der Waals surface area contributed by atoms with Crippen molar-refractivity contribution in [3.8, 4) is 0 Å². The molecule has 9 heteroatoms. The fourth-order valence-electron chi connectivity index (χ4n) is 2.39. The molecule has 0 aliphatic carbocycles. The molecule has 0 atom stereocenters. The third-order valence-electron chi connectivity index (χ3n) is 3.75. The summed E-state index contributed by atoms with van der Waals surface area (Å²) in [4.78, 5) is 22.0. The predicted molar refractivity (Wildman–Crippen MR) is 94.6 cm³/mol. The maximum atomic E-state index is 12.0. The average molecular weight is 354 g/mol. The lowest BCUT2D eigenvalue weighted by Gasteiger charge is -2.03. The summed E-state index contributed by atoms with van der Waals surface area (Å²) in [6.07, 6.45) is 3.41. The molecular formula is C17H18N6O3. The van der Waals surface area contributed by atoms with Gasteiger partial charge in [0.2, 0.25) is 5.91 Å². The molecule has 3 rings (SSSR count). The number of carbonyl (C=O) groups excluding carboxylic acids is 1. The Morgan fingerprint density at radius 3 is 2.54 bits per heavy atom. The minimum Gasteiger partial charge on any atom is -0.358 e. The van der Waals surface area contributed by atoms with Gasteiger partial charge in [-0.3, -0.25) is 9.48 Å². The van der Waals surface area contributed by atoms with E-state index in [2.05, 4.69) is 15.5 Å². The Morgan fingerprint density at radius 2 is 1.85 bits per heavy atom. The van der Waals surface area contributed by atoms with E-state index in [1.54, 1.807) is 16.9 Å². The molecule has 26 heavy (non-hydrogen) atoms. The Hall–Kier alpha value is -3.49. The van der Waals surface area contributed by atoms with Gasteiger partial charge in [-0.15, -0.1) is 0 Å². The van der Waals surface area contributed by atoms with E-state index in [1.807, 2.05) is 31.2 Å². The van der Waals surface area contributed by atoms with Crippen LogP contribution in [0.25, 0.3) is 0 Å². The zero-order valence-electron chi connectivity index (χ0n) is 14.2. The number of aryl methyl sites for hydroxylation is 2. The average Bonchev–Trinajstić information content (AvgIpc) is 3.25. The third-order valence-corrected chi connectivity index (χ3v) is 3.75. The smallest absolute Gasteiger partial charge is 0.358 e. The van der Waals surface area contributed by atoms with Gasteiger partial charge in [0.05, 0.1) is 30.5 Å². The van der Waals surface area contributed by atoms with Crippen molar-refractivity contribution in [2.75, 3.05) is 5.32 Å². The van der Waals surface area contributed by atoms with Crippen molar-refractivity contribution in [3.05, 3.63) is 70.0 Å². The van der Waals surface area contributed by atoms with Crippen LogP contribution in [0.15, 0.2) is 48.8 Å². The number of hydrogen-bond donors (Lipinski definition) is 1. The number of hydrogen-bond acceptors (Lipinski definition) is 5. The van der Waals surface area contributed by atoms with Crippen LogP contribution >= 0.6 is 0 Å². The summed E-state index contributed by atoms with van der Waals surface area (Å²) >= 11 is 0. The lowest BCUT2D eigenvalue weighted by atomic mass is 10.1. The Bertz CT molecular complexity index is 913. The first-order valence-electron chi connectivity index (χ1n) is 8.06. The van der Waals surface area contributed by atoms with E-state index in [4.69, 9.17) is 0 Å². The van der Waals surface area contributed by atoms with E-state index in [0.29, 0.717) is 12.4 Å². The number of amides is 1. The van der Waals surface area contributed by atoms with Gasteiger partial charge in [0.15, 0.2) is 5.82 Å². The number of nitrogens with zero attached hydrogens (tertiary/aromatic N) is 5. The first kappa shape index (κ1) is 17.3. The van der Waals surface area contributed by atoms with Crippen LogP contribution in [0.5, 0.6) is 0 Å². The second kappa shape index (κ2) is 7.60. The molecule has 9 nitrogen and oxygen atoms in total. The van der Waals surface area contributed by atoms with E-state index in [0.717, 1.165) is 5.56 Å². The summed E-state index contributed by atoms with van der Waals surface area (Å²) < 4.78 is 3.12. The van der Waals surface area contributed by atoms with Crippen LogP contribution in [-0.4, -0.2) is 30.4 Å². The van der Waals surface area contributed by atoms with Crippen molar-refractivity contribution in [1.82, 2.24) is 19.6 Å². The standard InChI is InChI=1S/C17H18N6O3/c1-13-2-4-14(5-3-13)12-22-9-6-15(19-22)18-17(24)8-11-21-10-7-16(20-21)23(25)26/h2-7,9-10H,8,11-12H2,1H3,(H,18,19,24). The first-order valence-corrected chi connectivity index (χ1v) is 8.06. The van der Waals surface area contributed by atoms with Crippen molar-refractivity contribution < 1.29 is 9.72 Å². The summed E-state index contributed by atoms with van der Waals surface area (Å²) in [5.74, 6) is -0.00227. The summed E-state index contributed by atoms with van der Waals surface area (Å²) in [6, 6.07) is 11.2. The van der Waals surface area contributed by atoms with Crippen molar-refractivity contribution in [1.29, 1.82) is 0 Å². The van der Waals surface area contributed by atoms with Crippen molar-refractivity contribution in [3.63, 3.8) is 0 Å². The number of benzene rings is 1. The van der Waals surface area contributed by atoms with Gasteiger partial charge in [-0.2, -0.15) is 9.78 Å². The van der Waals surface area contributed by atoms with E-state index < -0.39 is 4.92 Å². The number of anilines is 1. The molecule has 0 saturated carbocycles. The Balaban J connectivity index is 1.50. The van der Waals surface area contributed by atoms with Crippen LogP contribution in [0.3, 0.4) is 0 Å². The largest absolute Gasteiger partial charge is 0.389 e. The van der Waals surface area contributed by atoms with Gasteiger partial charge in [-0.1, -0.05) is 29.8 Å². The van der Waals surface area contributed by atoms with Crippen LogP contribution in [0.2, 0.25) is 0 Å². The van der Waals surface area contributed by atoms with Gasteiger partial charge >= 0.3 is 5.82 Å². The third kappa shape index (κ3) is 4.53. The molecule has 2 aromatic heterocycles. The maximum Gasteiger partial charge on any atom is 0.389 e. The number of aromatic nitrogens is 4. The highest BCUT2D eigenvalue weighted by molar-refractivity contribution is 5.89. The minimum absolute atomic E-state index is 0.143. The zero-order valence-corrected chi connectivity index (χ0v) is 14.2. The van der Waals surface area contributed by atoms with E-state index in [-0.39, 0.29) is 24.7 Å². The fourth-order valence-corrected chi connectivity index (χ4v) is 2.39. The summed E-state index contributed by atoms with van der Waals surface area (Å²) in [5, 5.41) is 21.4. The number of nitro groups is 1. The molecule has 2 heterocycles. The Morgan fingerprint density at radius 1 is 1.12 bits per heavy atom. The topological polar surface area (TPSA) is 108 Å². The highest BCUT2D eigenvalue weighted by atomic mass is 16.6. The molecule has 0 spiro atoms. The highest BCUT2D eigenvalue weighted by Gasteiger charge is 2.12. The first-order chi connectivity index (χ1) is 12.5. The molecule has 1 amide bonds. The zero-order chi connectivity index (χ0) is 18.5. The molecular weight excluding hydrogens is 336 g/mol. The molecule has 3 aromatic rings. The van der Waals surface area contributed by atoms with E-state index in [1.165, 1.54) is 22.5 Å². The molecule has 1 N–H and O–H groups in total. The quantitative estimate of drug-likeness (QED) is 0.518. The lowest BCUT2D eigenvalue weighted by Crippen LogP contribution is -2.15. The molecule has 1 aromatic carbocycles. The maximum absolute atomic E-state index is 12.0. The second-order valence-electron chi connectivity index (χ2n) is 5.88. The minimum atomic E-state index is -0.572. The SMILES string of the molecule is Cc1ccc(Cn2ccc(NC(=O)CCn3ccc([N+](=O)[O-])n3)n2)cc1. The van der Waals surface area contributed by atoms with Crippen LogP contribution in [-0.2, 0) is 17.9 Å². The molecule has 0 aliphatic heterocycles. The second-order valence-corrected chi connectivity index (χ2v) is 5.88. The van der Waals surface area contributed by atoms with Gasteiger partial charge in [-0.05, 0) is 17.4 Å². The summed E-state index contributed by atoms with van der Waals surface area (Å²) in [5.41, 5.74) is 2.32. The molecule has 0 bridgehead atoms. The van der Waals surface area contributed by atoms with Crippen LogP contribution < -0.4 is 5.32 Å². The van der Waals surface area contributed by atoms with E-state index >= 15 is 0 Å². The molecule has 134 valence electrons. The van der Waals surface area contributed by atoms with Crippen molar-refractivity contribution in [2.45, 2.75) is 26.4 Å². The Kier molecular flexibility index (Phi) is 5.07. The molecule has 0 fully saturated rings. The number of carbonyl (C=O) groups is 1. The van der Waals surface area contributed by atoms with Gasteiger partial charge in [-0.25, -0.2) is 0 Å². The normalized spacial score (nSPS) is 10.7. The molecule has 0 unspecified atom stereocenters. The monoisotopic (exact) mass is 354 g/mol. The van der Waals surface area contributed by atoms with Crippen LogP contribution in [0.4, 0.5) is 11.6 Å². The number of nitrogens with one attached hydrogen (secondary N) is 1. The van der Waals surface area contributed by atoms with Crippen molar-refractivity contribution in [2.24, 2.45) is 0 Å². The van der Waals surface area contributed by atoms with E-state index in [9.17, 15) is 14.9 Å². The Labute approximate surface area is 149 Å². The van der Waals surface area contributed by atoms with Crippen LogP contribution in [0, 0.1) is 17.0 Å². The van der Waals surface area contributed by atoms with Gasteiger partial charge < -0.3 is 15.4 Å². The van der Waals surface area contributed by atoms with Crippen molar-refractivity contribution >= 4 is 17.5 Å². The predicted octanol–water partition coefficient (Wildman–Crippen LogP) is 2.37. The van der Waals surface area contributed by atoms with Crippen LogP contribution in [0.1, 0.15) is 17.5 Å². The summed E-state index contributed by atoms with van der Waals surface area (Å²) in [6.45, 7) is 2.91. The number of rotatable bonds is 7. The van der Waals surface area contributed by atoms with Gasteiger partial charge in [0.1, 0.15) is 0 Å². The molecule has 0 saturated heterocycles. The fraction of sp³-hybridized carbons (Fsp3) is 0.235. The van der Waals surface area contributed by atoms with Gasteiger partial charge in [0, 0.05) is 18.7 Å². The summed E-state index contributed by atoms with van der Waals surface area (Å²) in [7, 11) is 0. The lowest BCUT2D eigenvalue weighted by molar-refractivity contribution is -0.389.